The van der Waals surface area contributed by atoms with Crippen LogP contribution in [0.5, 0.6) is 0 Å². The molecule has 0 radical (unpaired) electrons. The van der Waals surface area contributed by atoms with Gasteiger partial charge < -0.3 is 9.58 Å². The maximum atomic E-state index is 6.69. The summed E-state index contributed by atoms with van der Waals surface area (Å²) in [6, 6.07) is -0.000000000000000444. The van der Waals surface area contributed by atoms with Crippen LogP contribution in [0.15, 0.2) is 0 Å². The maximum absolute atomic E-state index is 6.69. The zero-order chi connectivity index (χ0) is 7.28. The Morgan fingerprint density at radius 2 is 2.22 bits per heavy atom. The van der Waals surface area contributed by atoms with Crippen molar-refractivity contribution in [3.05, 3.63) is 11.4 Å². The van der Waals surface area contributed by atoms with Crippen LogP contribution in [0.1, 0.15) is 20.3 Å². The molecule has 0 fully saturated rings. The topological polar surface area (TPSA) is 13.6 Å². The van der Waals surface area contributed by atoms with E-state index in [1.54, 1.807) is 7.11 Å². The summed E-state index contributed by atoms with van der Waals surface area (Å²) in [5, 5.41) is 0. The Kier molecular flexibility index (Phi) is 4.08. The van der Waals surface area contributed by atoms with Gasteiger partial charge in [0, 0.05) is 14.0 Å². The Hall–Kier alpha value is -0.550. The van der Waals surface area contributed by atoms with Gasteiger partial charge in [0.05, 0.1) is 0 Å². The molecule has 52 valence electrons. The second kappa shape index (κ2) is 4.34. The van der Waals surface area contributed by atoms with Crippen LogP contribution in [-0.4, -0.2) is 19.3 Å². The fourth-order valence-electron chi connectivity index (χ4n) is 0.788. The van der Waals surface area contributed by atoms with E-state index in [0.717, 1.165) is 6.42 Å². The number of nitrogens with zero attached hydrogens (tertiary/aromatic N) is 1. The average Bonchev–Trinajstić information content (AvgIpc) is 1.90. The highest BCUT2D eigenvalue weighted by molar-refractivity contribution is 4.80. The van der Waals surface area contributed by atoms with Gasteiger partial charge in [-0.3, -0.25) is 0 Å². The Morgan fingerprint density at radius 3 is 2.33 bits per heavy atom. The lowest BCUT2D eigenvalue weighted by atomic mass is 10.1. The lowest BCUT2D eigenvalue weighted by molar-refractivity contribution is 0.0914. The molecule has 2 atom stereocenters. The predicted octanol–water partition coefficient (Wildman–Crippen LogP) is 1.72. The molecular formula is C7H13NO. The summed E-state index contributed by atoms with van der Waals surface area (Å²) >= 11 is 0. The molecule has 0 aliphatic rings. The minimum atomic E-state index is -0.000000000000000444. The van der Waals surface area contributed by atoms with Crippen molar-refractivity contribution in [1.82, 2.24) is 0 Å². The summed E-state index contributed by atoms with van der Waals surface area (Å²) in [7, 11) is 1.65. The van der Waals surface area contributed by atoms with Gasteiger partial charge in [-0.15, -0.1) is 0 Å². The van der Waals surface area contributed by atoms with Crippen LogP contribution in [0.4, 0.5) is 0 Å². The van der Waals surface area contributed by atoms with E-state index < -0.39 is 0 Å². The molecule has 0 aromatic carbocycles. The van der Waals surface area contributed by atoms with Crippen molar-refractivity contribution in [3.63, 3.8) is 0 Å². The standard InChI is InChI=1S/C7H13NO/c1-5-7(9-4)6(2)8-3/h6-7H,5H2,1-2,4H3. The van der Waals surface area contributed by atoms with E-state index in [9.17, 15) is 0 Å². The molecule has 2 heteroatoms. The normalized spacial score (nSPS) is 16.2. The quantitative estimate of drug-likeness (QED) is 0.526. The van der Waals surface area contributed by atoms with Crippen molar-refractivity contribution in [3.8, 4) is 0 Å². The van der Waals surface area contributed by atoms with E-state index in [1.165, 1.54) is 0 Å². The summed E-state index contributed by atoms with van der Waals surface area (Å²) in [6.45, 7) is 10.6. The van der Waals surface area contributed by atoms with Gasteiger partial charge in [0.15, 0.2) is 0 Å². The lowest BCUT2D eigenvalue weighted by Crippen LogP contribution is -2.20. The molecule has 0 aliphatic heterocycles. The summed E-state index contributed by atoms with van der Waals surface area (Å²) < 4.78 is 5.04. The monoisotopic (exact) mass is 127 g/mol. The molecule has 0 spiro atoms. The molecule has 2 nitrogen and oxygen atoms in total. The highest BCUT2D eigenvalue weighted by atomic mass is 16.5. The van der Waals surface area contributed by atoms with Crippen LogP contribution in [-0.2, 0) is 4.74 Å². The van der Waals surface area contributed by atoms with Gasteiger partial charge in [0.1, 0.15) is 6.10 Å². The van der Waals surface area contributed by atoms with E-state index in [2.05, 4.69) is 4.85 Å². The SMILES string of the molecule is [C-]#[N+]C(C)C(CC)OC. The minimum Gasteiger partial charge on any atom is -0.373 e. The summed E-state index contributed by atoms with van der Waals surface area (Å²) in [5.74, 6) is 0. The van der Waals surface area contributed by atoms with Crippen molar-refractivity contribution in [2.45, 2.75) is 32.4 Å². The molecule has 0 amide bonds. The zero-order valence-electron chi connectivity index (χ0n) is 6.22. The Labute approximate surface area is 56.6 Å². The van der Waals surface area contributed by atoms with E-state index >= 15 is 0 Å². The third-order valence-electron chi connectivity index (χ3n) is 1.45. The first-order valence-electron chi connectivity index (χ1n) is 3.15. The predicted molar refractivity (Wildman–Crippen MR) is 37.2 cm³/mol. The second-order valence-electron chi connectivity index (χ2n) is 2.05. The maximum Gasteiger partial charge on any atom is 0.246 e. The molecular weight excluding hydrogens is 114 g/mol. The van der Waals surface area contributed by atoms with Crippen LogP contribution < -0.4 is 0 Å². The number of hydrogen-bond acceptors (Lipinski definition) is 1. The third kappa shape index (κ3) is 2.48. The van der Waals surface area contributed by atoms with Gasteiger partial charge in [0.25, 0.3) is 0 Å². The van der Waals surface area contributed by atoms with Crippen molar-refractivity contribution < 1.29 is 4.74 Å². The Bertz CT molecular complexity index is 102. The van der Waals surface area contributed by atoms with E-state index in [4.69, 9.17) is 11.3 Å². The van der Waals surface area contributed by atoms with Gasteiger partial charge >= 0.3 is 0 Å². The minimum absolute atomic E-state index is 0.000000000000000444. The molecule has 0 rings (SSSR count). The van der Waals surface area contributed by atoms with Crippen molar-refractivity contribution in [2.24, 2.45) is 0 Å². The average molecular weight is 127 g/mol. The molecule has 0 bridgehead atoms. The molecule has 0 saturated carbocycles. The number of methoxy groups -OCH3 is 1. The van der Waals surface area contributed by atoms with Gasteiger partial charge in [-0.2, -0.15) is 0 Å². The van der Waals surface area contributed by atoms with E-state index in [-0.39, 0.29) is 12.1 Å². The van der Waals surface area contributed by atoms with Crippen molar-refractivity contribution >= 4 is 0 Å². The fourth-order valence-corrected chi connectivity index (χ4v) is 0.788. The fraction of sp³-hybridized carbons (Fsp3) is 0.857. The first kappa shape index (κ1) is 8.45. The molecule has 9 heavy (non-hydrogen) atoms. The third-order valence-corrected chi connectivity index (χ3v) is 1.45. The molecule has 0 saturated heterocycles. The summed E-state index contributed by atoms with van der Waals surface area (Å²) in [5.41, 5.74) is 0. The van der Waals surface area contributed by atoms with Gasteiger partial charge in [0.2, 0.25) is 6.04 Å². The van der Waals surface area contributed by atoms with Crippen molar-refractivity contribution in [1.29, 1.82) is 0 Å². The molecule has 0 aromatic heterocycles. The van der Waals surface area contributed by atoms with Crippen LogP contribution in [0.2, 0.25) is 0 Å². The van der Waals surface area contributed by atoms with Gasteiger partial charge in [-0.05, 0) is 6.42 Å². The molecule has 0 N–H and O–H groups in total. The molecule has 0 aromatic rings. The largest absolute Gasteiger partial charge is 0.373 e. The van der Waals surface area contributed by atoms with Crippen LogP contribution in [0.3, 0.4) is 0 Å². The summed E-state index contributed by atoms with van der Waals surface area (Å²) in [6.07, 6.45) is 1.03. The first-order chi connectivity index (χ1) is 4.26. The van der Waals surface area contributed by atoms with Crippen LogP contribution >= 0.6 is 0 Å². The Balaban J connectivity index is 3.67. The number of hydrogen-bond donors (Lipinski definition) is 0. The first-order valence-corrected chi connectivity index (χ1v) is 3.15. The van der Waals surface area contributed by atoms with Gasteiger partial charge in [-0.25, -0.2) is 6.57 Å². The van der Waals surface area contributed by atoms with Crippen LogP contribution in [0.25, 0.3) is 4.85 Å². The molecule has 0 heterocycles. The van der Waals surface area contributed by atoms with E-state index in [1.807, 2.05) is 13.8 Å². The van der Waals surface area contributed by atoms with Crippen LogP contribution in [0, 0.1) is 6.57 Å². The number of ether oxygens (including phenoxy) is 1. The second-order valence-corrected chi connectivity index (χ2v) is 2.05. The zero-order valence-corrected chi connectivity index (χ0v) is 6.22. The molecule has 2 unspecified atom stereocenters. The lowest BCUT2D eigenvalue weighted by Gasteiger charge is -2.10. The Morgan fingerprint density at radius 1 is 1.67 bits per heavy atom. The number of rotatable bonds is 3. The highest BCUT2D eigenvalue weighted by Gasteiger charge is 2.17. The van der Waals surface area contributed by atoms with Crippen molar-refractivity contribution in [2.75, 3.05) is 7.11 Å². The van der Waals surface area contributed by atoms with E-state index in [0.29, 0.717) is 0 Å². The highest BCUT2D eigenvalue weighted by Crippen LogP contribution is 2.05. The smallest absolute Gasteiger partial charge is 0.246 e. The molecule has 0 aliphatic carbocycles. The van der Waals surface area contributed by atoms with Gasteiger partial charge in [-0.1, -0.05) is 6.92 Å². The summed E-state index contributed by atoms with van der Waals surface area (Å²) in [4.78, 5) is 3.36.